The van der Waals surface area contributed by atoms with Gasteiger partial charge >= 0.3 is 6.09 Å². The van der Waals surface area contributed by atoms with E-state index in [1.54, 1.807) is 4.90 Å². The molecule has 0 aromatic heterocycles. The number of carbonyl (C=O) groups excluding carboxylic acids is 1. The summed E-state index contributed by atoms with van der Waals surface area (Å²) in [4.78, 5) is 19.1. The summed E-state index contributed by atoms with van der Waals surface area (Å²) in [6, 6.07) is 11.1. The minimum Gasteiger partial charge on any atom is -0.444 e. The molecule has 2 saturated heterocycles. The van der Waals surface area contributed by atoms with Crippen molar-refractivity contribution in [2.75, 3.05) is 46.3 Å². The van der Waals surface area contributed by atoms with E-state index in [-0.39, 0.29) is 11.6 Å². The molecular formula is C23H37N3O2. The summed E-state index contributed by atoms with van der Waals surface area (Å²) < 4.78 is 5.46. The minimum absolute atomic E-state index is 0.186. The number of nitrogens with zero attached hydrogens (tertiary/aromatic N) is 3. The van der Waals surface area contributed by atoms with Crippen LogP contribution in [0.1, 0.15) is 52.0 Å². The highest BCUT2D eigenvalue weighted by atomic mass is 16.6. The summed E-state index contributed by atoms with van der Waals surface area (Å²) >= 11 is 0. The van der Waals surface area contributed by atoms with Crippen LogP contribution in [-0.4, -0.2) is 72.7 Å². The topological polar surface area (TPSA) is 36.0 Å². The second-order valence-electron chi connectivity index (χ2n) is 9.34. The molecule has 28 heavy (non-hydrogen) atoms. The molecule has 0 atom stereocenters. The van der Waals surface area contributed by atoms with Gasteiger partial charge in [-0.25, -0.2) is 4.79 Å². The minimum atomic E-state index is -0.443. The fraction of sp³-hybridized carbons (Fsp3) is 0.696. The Balaban J connectivity index is 1.57. The molecule has 0 radical (unpaired) electrons. The van der Waals surface area contributed by atoms with Crippen molar-refractivity contribution in [3.63, 3.8) is 0 Å². The van der Waals surface area contributed by atoms with Crippen LogP contribution in [0.4, 0.5) is 4.79 Å². The van der Waals surface area contributed by atoms with Gasteiger partial charge in [0.25, 0.3) is 0 Å². The van der Waals surface area contributed by atoms with Crippen LogP contribution in [-0.2, 0) is 10.3 Å². The normalized spacial score (nSPS) is 20.9. The first-order valence-corrected chi connectivity index (χ1v) is 10.8. The third-order valence-electron chi connectivity index (χ3n) is 6.16. The molecule has 0 saturated carbocycles. The highest BCUT2D eigenvalue weighted by molar-refractivity contribution is 5.67. The number of hydrogen-bond acceptors (Lipinski definition) is 4. The number of likely N-dealkylation sites (N-methyl/N-ethyl adjacent to an activating group) is 1. The quantitative estimate of drug-likeness (QED) is 0.767. The van der Waals surface area contributed by atoms with Crippen LogP contribution >= 0.6 is 0 Å². The lowest BCUT2D eigenvalue weighted by Gasteiger charge is -2.48. The lowest BCUT2D eigenvalue weighted by atomic mass is 9.79. The summed E-state index contributed by atoms with van der Waals surface area (Å²) in [6.07, 6.45) is 4.72. The second kappa shape index (κ2) is 8.83. The summed E-state index contributed by atoms with van der Waals surface area (Å²) in [6.45, 7) is 11.9. The Morgan fingerprint density at radius 2 is 1.68 bits per heavy atom. The number of hydrogen-bond donors (Lipinski definition) is 0. The van der Waals surface area contributed by atoms with E-state index in [0.29, 0.717) is 6.54 Å². The van der Waals surface area contributed by atoms with Crippen LogP contribution in [0, 0.1) is 0 Å². The average Bonchev–Trinajstić information content (AvgIpc) is 3.21. The number of rotatable bonds is 5. The van der Waals surface area contributed by atoms with E-state index in [1.807, 2.05) is 27.8 Å². The van der Waals surface area contributed by atoms with Gasteiger partial charge in [0.1, 0.15) is 5.60 Å². The molecule has 2 fully saturated rings. The van der Waals surface area contributed by atoms with Crippen molar-refractivity contribution in [3.05, 3.63) is 35.9 Å². The summed E-state index contributed by atoms with van der Waals surface area (Å²) in [5.74, 6) is 0. The molecule has 0 N–H and O–H groups in total. The summed E-state index contributed by atoms with van der Waals surface area (Å²) in [5.41, 5.74) is 1.22. The Morgan fingerprint density at radius 1 is 1.07 bits per heavy atom. The highest BCUT2D eigenvalue weighted by Crippen LogP contribution is 2.40. The molecule has 0 spiro atoms. The number of piperidine rings is 1. The van der Waals surface area contributed by atoms with Crippen molar-refractivity contribution in [2.24, 2.45) is 0 Å². The zero-order valence-corrected chi connectivity index (χ0v) is 18.1. The number of ether oxygens (including phenoxy) is 1. The monoisotopic (exact) mass is 387 g/mol. The second-order valence-corrected chi connectivity index (χ2v) is 9.34. The molecule has 5 nitrogen and oxygen atoms in total. The van der Waals surface area contributed by atoms with E-state index in [1.165, 1.54) is 31.5 Å². The largest absolute Gasteiger partial charge is 0.444 e. The first-order valence-electron chi connectivity index (χ1n) is 10.8. The Labute approximate surface area is 170 Å². The van der Waals surface area contributed by atoms with Crippen molar-refractivity contribution < 1.29 is 9.53 Å². The molecule has 2 aliphatic rings. The van der Waals surface area contributed by atoms with Gasteiger partial charge in [-0.1, -0.05) is 30.3 Å². The van der Waals surface area contributed by atoms with Crippen LogP contribution < -0.4 is 0 Å². The molecule has 156 valence electrons. The molecule has 1 amide bonds. The Hall–Kier alpha value is -1.59. The van der Waals surface area contributed by atoms with Crippen LogP contribution in [0.2, 0.25) is 0 Å². The van der Waals surface area contributed by atoms with Crippen LogP contribution in [0.25, 0.3) is 0 Å². The third-order valence-corrected chi connectivity index (χ3v) is 6.16. The number of likely N-dealkylation sites (tertiary alicyclic amines) is 2. The fourth-order valence-corrected chi connectivity index (χ4v) is 4.55. The van der Waals surface area contributed by atoms with Crippen LogP contribution in [0.15, 0.2) is 30.3 Å². The summed E-state index contributed by atoms with van der Waals surface area (Å²) in [5, 5.41) is 0. The van der Waals surface area contributed by atoms with Gasteiger partial charge in [-0.05, 0) is 65.1 Å². The number of carbonyl (C=O) groups is 1. The highest BCUT2D eigenvalue weighted by Gasteiger charge is 2.42. The maximum Gasteiger partial charge on any atom is 0.410 e. The number of benzene rings is 1. The lowest BCUT2D eigenvalue weighted by Crippen LogP contribution is -2.53. The van der Waals surface area contributed by atoms with E-state index in [9.17, 15) is 4.79 Å². The molecular weight excluding hydrogens is 350 g/mol. The van der Waals surface area contributed by atoms with Gasteiger partial charge in [0.05, 0.1) is 0 Å². The van der Waals surface area contributed by atoms with Gasteiger partial charge in [-0.15, -0.1) is 0 Å². The predicted molar refractivity (Wildman–Crippen MR) is 113 cm³/mol. The van der Waals surface area contributed by atoms with Crippen LogP contribution in [0.3, 0.4) is 0 Å². The van der Waals surface area contributed by atoms with Gasteiger partial charge in [0.15, 0.2) is 0 Å². The first kappa shape index (κ1) is 21.1. The van der Waals surface area contributed by atoms with Gasteiger partial charge in [-0.2, -0.15) is 0 Å². The summed E-state index contributed by atoms with van der Waals surface area (Å²) in [7, 11) is 1.83. The van der Waals surface area contributed by atoms with E-state index in [2.05, 4.69) is 40.1 Å². The molecule has 1 aromatic carbocycles. The standard InChI is InChI=1S/C23H37N3O2/c1-22(2,3)28-21(27)24(4)18-19-25-16-12-23(13-17-25,26-14-8-9-15-26)20-10-6-5-7-11-20/h5-7,10-11H,8-9,12-19H2,1-4H3. The SMILES string of the molecule is CN(CCN1CCC(c2ccccc2)(N2CCCC2)CC1)C(=O)OC(C)(C)C. The van der Waals surface area contributed by atoms with E-state index < -0.39 is 5.60 Å². The van der Waals surface area contributed by atoms with E-state index in [4.69, 9.17) is 4.74 Å². The van der Waals surface area contributed by atoms with Crippen molar-refractivity contribution in [1.29, 1.82) is 0 Å². The van der Waals surface area contributed by atoms with E-state index >= 15 is 0 Å². The van der Waals surface area contributed by atoms with Gasteiger partial charge in [0, 0.05) is 38.8 Å². The van der Waals surface area contributed by atoms with E-state index in [0.717, 1.165) is 32.5 Å². The maximum absolute atomic E-state index is 12.2. The van der Waals surface area contributed by atoms with Gasteiger partial charge in [0.2, 0.25) is 0 Å². The molecule has 2 aliphatic heterocycles. The molecule has 2 heterocycles. The smallest absolute Gasteiger partial charge is 0.410 e. The first-order chi connectivity index (χ1) is 13.3. The fourth-order valence-electron chi connectivity index (χ4n) is 4.55. The molecule has 0 unspecified atom stereocenters. The van der Waals surface area contributed by atoms with Crippen molar-refractivity contribution in [3.8, 4) is 0 Å². The molecule has 0 bridgehead atoms. The molecule has 3 rings (SSSR count). The number of amides is 1. The Kier molecular flexibility index (Phi) is 6.66. The molecule has 5 heteroatoms. The molecule has 1 aromatic rings. The van der Waals surface area contributed by atoms with Crippen LogP contribution in [0.5, 0.6) is 0 Å². The Bertz CT molecular complexity index is 627. The van der Waals surface area contributed by atoms with Crippen molar-refractivity contribution in [1.82, 2.24) is 14.7 Å². The average molecular weight is 388 g/mol. The maximum atomic E-state index is 12.2. The molecule has 0 aliphatic carbocycles. The zero-order chi connectivity index (χ0) is 20.2. The lowest BCUT2D eigenvalue weighted by molar-refractivity contribution is 0.0190. The van der Waals surface area contributed by atoms with Crippen molar-refractivity contribution >= 4 is 6.09 Å². The zero-order valence-electron chi connectivity index (χ0n) is 18.1. The third kappa shape index (κ3) is 5.06. The van der Waals surface area contributed by atoms with Gasteiger partial charge in [-0.3, -0.25) is 4.90 Å². The van der Waals surface area contributed by atoms with Crippen molar-refractivity contribution in [2.45, 2.75) is 57.6 Å². The predicted octanol–water partition coefficient (Wildman–Crippen LogP) is 3.94. The van der Waals surface area contributed by atoms with Gasteiger partial charge < -0.3 is 14.5 Å². The Morgan fingerprint density at radius 3 is 2.25 bits per heavy atom.